The molecule has 0 saturated carbocycles. The molecular weight excluding hydrogens is 460 g/mol. The molecular formula is C20H17BrN2O5S. The largest absolute Gasteiger partial charge is 0.497 e. The number of carbonyl (C=O) groups is 2. The molecule has 7 nitrogen and oxygen atoms in total. The van der Waals surface area contributed by atoms with E-state index in [2.05, 4.69) is 21.2 Å². The molecule has 0 aromatic heterocycles. The second-order valence-corrected chi connectivity index (χ2v) is 7.19. The molecule has 1 N–H and O–H groups in total. The van der Waals surface area contributed by atoms with Crippen LogP contribution in [0.3, 0.4) is 0 Å². The first-order chi connectivity index (χ1) is 13.9. The first-order valence-electron chi connectivity index (χ1n) is 8.36. The topological polar surface area (TPSA) is 77.1 Å². The summed E-state index contributed by atoms with van der Waals surface area (Å²) in [6.45, 7) is 0. The Labute approximate surface area is 181 Å². The number of thiocarbonyl (C=S) groups is 1. The van der Waals surface area contributed by atoms with E-state index in [0.717, 1.165) is 0 Å². The molecule has 1 aliphatic heterocycles. The Kier molecular flexibility index (Phi) is 6.19. The van der Waals surface area contributed by atoms with Gasteiger partial charge in [-0.25, -0.2) is 0 Å². The predicted molar refractivity (Wildman–Crippen MR) is 116 cm³/mol. The molecule has 0 unspecified atom stereocenters. The maximum absolute atomic E-state index is 13.1. The number of rotatable bonds is 5. The summed E-state index contributed by atoms with van der Waals surface area (Å²) in [6.07, 6.45) is 1.45. The molecule has 150 valence electrons. The second kappa shape index (κ2) is 8.62. The Balaban J connectivity index is 2.07. The standard InChI is InChI=1S/C20H17BrN2O5S/c1-26-14-6-4-13(5-7-14)23-19(25)15(18(24)22-20(23)29)9-11-8-12(21)10-16(27-2)17(11)28-3/h4-10H,1-3H3,(H,22,24,29)/b15-9-. The van der Waals surface area contributed by atoms with Crippen LogP contribution >= 0.6 is 28.1 Å². The number of hydrogen-bond acceptors (Lipinski definition) is 6. The summed E-state index contributed by atoms with van der Waals surface area (Å²) in [5.41, 5.74) is 0.915. The van der Waals surface area contributed by atoms with Gasteiger partial charge in [0.25, 0.3) is 11.8 Å². The van der Waals surface area contributed by atoms with Crippen molar-refractivity contribution >= 4 is 56.8 Å². The molecule has 3 rings (SSSR count). The zero-order valence-electron chi connectivity index (χ0n) is 15.8. The van der Waals surface area contributed by atoms with Gasteiger partial charge in [-0.05, 0) is 54.7 Å². The predicted octanol–water partition coefficient (Wildman–Crippen LogP) is 3.31. The fraction of sp³-hybridized carbons (Fsp3) is 0.150. The highest BCUT2D eigenvalue weighted by Crippen LogP contribution is 2.36. The fourth-order valence-electron chi connectivity index (χ4n) is 2.84. The van der Waals surface area contributed by atoms with Crippen molar-refractivity contribution in [2.75, 3.05) is 26.2 Å². The first kappa shape index (κ1) is 20.8. The molecule has 0 radical (unpaired) electrons. The number of nitrogens with one attached hydrogen (secondary N) is 1. The molecule has 2 aromatic carbocycles. The van der Waals surface area contributed by atoms with Crippen molar-refractivity contribution < 1.29 is 23.8 Å². The van der Waals surface area contributed by atoms with E-state index in [1.54, 1.807) is 43.5 Å². The van der Waals surface area contributed by atoms with Crippen LogP contribution in [-0.4, -0.2) is 38.3 Å². The van der Waals surface area contributed by atoms with Gasteiger partial charge < -0.3 is 14.2 Å². The Morgan fingerprint density at radius 1 is 1.03 bits per heavy atom. The summed E-state index contributed by atoms with van der Waals surface area (Å²) in [5, 5.41) is 2.55. The van der Waals surface area contributed by atoms with Crippen molar-refractivity contribution in [1.29, 1.82) is 0 Å². The van der Waals surface area contributed by atoms with Crippen LogP contribution in [0.15, 0.2) is 46.4 Å². The van der Waals surface area contributed by atoms with E-state index >= 15 is 0 Å². The van der Waals surface area contributed by atoms with E-state index in [1.165, 1.54) is 25.2 Å². The van der Waals surface area contributed by atoms with Crippen LogP contribution in [0.1, 0.15) is 5.56 Å². The number of benzene rings is 2. The van der Waals surface area contributed by atoms with Crippen molar-refractivity contribution in [3.63, 3.8) is 0 Å². The summed E-state index contributed by atoms with van der Waals surface area (Å²) in [4.78, 5) is 26.9. The van der Waals surface area contributed by atoms with Crippen LogP contribution in [0, 0.1) is 0 Å². The van der Waals surface area contributed by atoms with Crippen LogP contribution in [0.2, 0.25) is 0 Å². The molecule has 1 heterocycles. The minimum Gasteiger partial charge on any atom is -0.497 e. The van der Waals surface area contributed by atoms with Crippen molar-refractivity contribution in [3.05, 3.63) is 52.0 Å². The lowest BCUT2D eigenvalue weighted by Gasteiger charge is -2.29. The number of halogens is 1. The van der Waals surface area contributed by atoms with E-state index in [9.17, 15) is 9.59 Å². The number of amides is 2. The molecule has 2 aromatic rings. The van der Waals surface area contributed by atoms with Crippen LogP contribution in [0.25, 0.3) is 6.08 Å². The van der Waals surface area contributed by atoms with E-state index < -0.39 is 11.8 Å². The van der Waals surface area contributed by atoms with Gasteiger partial charge in [0.05, 0.1) is 27.0 Å². The molecule has 0 spiro atoms. The van der Waals surface area contributed by atoms with Gasteiger partial charge in [0.1, 0.15) is 11.3 Å². The van der Waals surface area contributed by atoms with Gasteiger partial charge in [0.2, 0.25) is 0 Å². The zero-order valence-corrected chi connectivity index (χ0v) is 18.2. The maximum atomic E-state index is 13.1. The lowest BCUT2D eigenvalue weighted by Crippen LogP contribution is -2.54. The number of ether oxygens (including phenoxy) is 3. The van der Waals surface area contributed by atoms with E-state index in [4.69, 9.17) is 26.4 Å². The van der Waals surface area contributed by atoms with Crippen molar-refractivity contribution in [2.24, 2.45) is 0 Å². The molecule has 9 heteroatoms. The van der Waals surface area contributed by atoms with Gasteiger partial charge in [-0.1, -0.05) is 15.9 Å². The highest BCUT2D eigenvalue weighted by Gasteiger charge is 2.34. The SMILES string of the molecule is COc1ccc(N2C(=O)/C(=C\c3cc(Br)cc(OC)c3OC)C(=O)NC2=S)cc1. The minimum atomic E-state index is -0.592. The lowest BCUT2D eigenvalue weighted by atomic mass is 10.1. The van der Waals surface area contributed by atoms with Crippen molar-refractivity contribution in [1.82, 2.24) is 5.32 Å². The Bertz CT molecular complexity index is 1020. The van der Waals surface area contributed by atoms with Gasteiger partial charge in [-0.15, -0.1) is 0 Å². The molecule has 0 aliphatic carbocycles. The maximum Gasteiger partial charge on any atom is 0.270 e. The van der Waals surface area contributed by atoms with Gasteiger partial charge in [-0.3, -0.25) is 19.8 Å². The smallest absolute Gasteiger partial charge is 0.270 e. The average molecular weight is 477 g/mol. The first-order valence-corrected chi connectivity index (χ1v) is 9.56. The van der Waals surface area contributed by atoms with Gasteiger partial charge >= 0.3 is 0 Å². The average Bonchev–Trinajstić information content (AvgIpc) is 2.71. The number of nitrogens with zero attached hydrogens (tertiary/aromatic N) is 1. The third-order valence-corrected chi connectivity index (χ3v) is 4.95. The third-order valence-electron chi connectivity index (χ3n) is 4.20. The number of methoxy groups -OCH3 is 3. The van der Waals surface area contributed by atoms with Crippen molar-refractivity contribution in [2.45, 2.75) is 0 Å². The monoisotopic (exact) mass is 476 g/mol. The molecule has 0 atom stereocenters. The molecule has 2 amide bonds. The minimum absolute atomic E-state index is 0.00102. The second-order valence-electron chi connectivity index (χ2n) is 5.89. The highest BCUT2D eigenvalue weighted by atomic mass is 79.9. The van der Waals surface area contributed by atoms with Gasteiger partial charge in [-0.2, -0.15) is 0 Å². The quantitative estimate of drug-likeness (QED) is 0.405. The van der Waals surface area contributed by atoms with Crippen molar-refractivity contribution in [3.8, 4) is 17.2 Å². The van der Waals surface area contributed by atoms with E-state index in [0.29, 0.717) is 33.0 Å². The molecule has 1 saturated heterocycles. The van der Waals surface area contributed by atoms with Crippen LogP contribution in [0.5, 0.6) is 17.2 Å². The van der Waals surface area contributed by atoms with E-state index in [-0.39, 0.29) is 10.7 Å². The Hall–Kier alpha value is -2.91. The van der Waals surface area contributed by atoms with Gasteiger partial charge in [0.15, 0.2) is 16.6 Å². The number of hydrogen-bond donors (Lipinski definition) is 1. The van der Waals surface area contributed by atoms with Crippen LogP contribution < -0.4 is 24.4 Å². The summed E-state index contributed by atoms with van der Waals surface area (Å²) in [7, 11) is 4.53. The number of anilines is 1. The highest BCUT2D eigenvalue weighted by molar-refractivity contribution is 9.10. The normalized spacial score (nSPS) is 15.4. The molecule has 0 bridgehead atoms. The van der Waals surface area contributed by atoms with Crippen LogP contribution in [0.4, 0.5) is 5.69 Å². The fourth-order valence-corrected chi connectivity index (χ4v) is 3.58. The summed E-state index contributed by atoms with van der Waals surface area (Å²) in [6, 6.07) is 10.2. The molecule has 1 fully saturated rings. The number of carbonyl (C=O) groups excluding carboxylic acids is 2. The summed E-state index contributed by atoms with van der Waals surface area (Å²) >= 11 is 8.60. The lowest BCUT2D eigenvalue weighted by molar-refractivity contribution is -0.122. The molecule has 1 aliphatic rings. The summed E-state index contributed by atoms with van der Waals surface area (Å²) in [5.74, 6) is 0.346. The summed E-state index contributed by atoms with van der Waals surface area (Å²) < 4.78 is 16.6. The third kappa shape index (κ3) is 4.10. The zero-order chi connectivity index (χ0) is 21.1. The van der Waals surface area contributed by atoms with Gasteiger partial charge in [0, 0.05) is 10.0 Å². The van der Waals surface area contributed by atoms with E-state index in [1.807, 2.05) is 0 Å². The Morgan fingerprint density at radius 2 is 1.72 bits per heavy atom. The van der Waals surface area contributed by atoms with Crippen LogP contribution in [-0.2, 0) is 9.59 Å². The molecule has 29 heavy (non-hydrogen) atoms. The Morgan fingerprint density at radius 3 is 2.31 bits per heavy atom.